The van der Waals surface area contributed by atoms with E-state index in [9.17, 15) is 9.82 Å². The summed E-state index contributed by atoms with van der Waals surface area (Å²) in [5.74, 6) is -1.09. The molecule has 0 unspecified atom stereocenters. The number of hydrogen-bond donors (Lipinski definition) is 3. The molecule has 0 aliphatic carbocycles. The van der Waals surface area contributed by atoms with Gasteiger partial charge >= 0.3 is 13.1 Å². The van der Waals surface area contributed by atoms with Crippen LogP contribution in [0.15, 0.2) is 18.2 Å². The van der Waals surface area contributed by atoms with Crippen molar-refractivity contribution in [2.75, 3.05) is 0 Å². The van der Waals surface area contributed by atoms with Gasteiger partial charge in [0.1, 0.15) is 6.04 Å². The average molecular weight is 207 g/mol. The Morgan fingerprint density at radius 2 is 2.33 bits per heavy atom. The van der Waals surface area contributed by atoms with Crippen LogP contribution in [0.25, 0.3) is 0 Å². The summed E-state index contributed by atoms with van der Waals surface area (Å²) in [6, 6.07) is 3.87. The van der Waals surface area contributed by atoms with E-state index in [0.29, 0.717) is 17.6 Å². The smallest absolute Gasteiger partial charge is 0.480 e. The van der Waals surface area contributed by atoms with Gasteiger partial charge in [-0.15, -0.1) is 0 Å². The quantitative estimate of drug-likeness (QED) is 0.540. The van der Waals surface area contributed by atoms with Crippen LogP contribution in [0.1, 0.15) is 17.2 Å². The van der Waals surface area contributed by atoms with Gasteiger partial charge in [0, 0.05) is 0 Å². The predicted octanol–water partition coefficient (Wildman–Crippen LogP) is -1.01. The Kier molecular flexibility index (Phi) is 2.48. The molecule has 1 aliphatic heterocycles. The molecule has 0 saturated carbocycles. The number of hydrogen-bond acceptors (Lipinski definition) is 4. The Labute approximate surface area is 86.6 Å². The summed E-state index contributed by atoms with van der Waals surface area (Å²) in [5, 5.41) is 18.1. The van der Waals surface area contributed by atoms with E-state index in [0.717, 1.165) is 5.56 Å². The number of carboxylic acid groups (broad SMARTS) is 1. The third-order valence-corrected chi connectivity index (χ3v) is 2.46. The summed E-state index contributed by atoms with van der Waals surface area (Å²) in [5.41, 5.74) is 7.38. The molecular weight excluding hydrogens is 197 g/mol. The molecule has 0 bridgehead atoms. The molecule has 5 nitrogen and oxygen atoms in total. The average Bonchev–Trinajstić information content (AvgIpc) is 2.59. The highest BCUT2D eigenvalue weighted by molar-refractivity contribution is 6.61. The van der Waals surface area contributed by atoms with Gasteiger partial charge in [0.05, 0.1) is 6.61 Å². The molecule has 1 aliphatic rings. The van der Waals surface area contributed by atoms with Gasteiger partial charge in [-0.1, -0.05) is 18.2 Å². The molecular formula is C9H10BNO4. The van der Waals surface area contributed by atoms with E-state index in [2.05, 4.69) is 0 Å². The minimum atomic E-state index is -1.09. The fourth-order valence-corrected chi connectivity index (χ4v) is 1.57. The molecule has 1 heterocycles. The Morgan fingerprint density at radius 1 is 1.60 bits per heavy atom. The molecule has 78 valence electrons. The summed E-state index contributed by atoms with van der Waals surface area (Å²) >= 11 is 0. The zero-order valence-corrected chi connectivity index (χ0v) is 7.88. The van der Waals surface area contributed by atoms with Crippen molar-refractivity contribution in [2.45, 2.75) is 12.6 Å². The van der Waals surface area contributed by atoms with E-state index in [1.165, 1.54) is 0 Å². The molecule has 4 N–H and O–H groups in total. The molecule has 1 atom stereocenters. The standard InChI is InChI=1S/C9H10BNO4/c11-8(9(12)13)5-1-2-6-4-15-10(14)7(6)3-5/h1-3,8,14H,4,11H2,(H,12,13)/t8-/m0/s1. The second-order valence-electron chi connectivity index (χ2n) is 3.44. The van der Waals surface area contributed by atoms with E-state index in [4.69, 9.17) is 15.5 Å². The third kappa shape index (κ3) is 1.74. The SMILES string of the molecule is N[C@H](C(=O)O)c1ccc2c(c1)B(O)OC2. The fourth-order valence-electron chi connectivity index (χ4n) is 1.57. The number of nitrogens with two attached hydrogens (primary N) is 1. The summed E-state index contributed by atoms with van der Waals surface area (Å²) in [4.78, 5) is 10.7. The Hall–Kier alpha value is -1.37. The third-order valence-electron chi connectivity index (χ3n) is 2.46. The lowest BCUT2D eigenvalue weighted by atomic mass is 9.78. The molecule has 0 amide bonds. The van der Waals surface area contributed by atoms with Crippen LogP contribution in [0, 0.1) is 0 Å². The van der Waals surface area contributed by atoms with Crippen molar-refractivity contribution in [1.82, 2.24) is 0 Å². The molecule has 15 heavy (non-hydrogen) atoms. The Morgan fingerprint density at radius 3 is 3.00 bits per heavy atom. The topological polar surface area (TPSA) is 92.8 Å². The monoisotopic (exact) mass is 207 g/mol. The van der Waals surface area contributed by atoms with Gasteiger partial charge in [0.2, 0.25) is 0 Å². The highest BCUT2D eigenvalue weighted by Gasteiger charge is 2.28. The van der Waals surface area contributed by atoms with Gasteiger partial charge in [-0.05, 0) is 16.6 Å². The highest BCUT2D eigenvalue weighted by Crippen LogP contribution is 2.15. The van der Waals surface area contributed by atoms with E-state index in [1.54, 1.807) is 18.2 Å². The second kappa shape index (κ2) is 3.65. The van der Waals surface area contributed by atoms with E-state index >= 15 is 0 Å². The first-order valence-electron chi connectivity index (χ1n) is 4.50. The Balaban J connectivity index is 2.37. The van der Waals surface area contributed by atoms with Gasteiger partial charge in [-0.3, -0.25) is 4.79 Å². The van der Waals surface area contributed by atoms with Crippen molar-refractivity contribution >= 4 is 18.6 Å². The van der Waals surface area contributed by atoms with Gasteiger partial charge in [-0.25, -0.2) is 0 Å². The molecule has 6 heteroatoms. The van der Waals surface area contributed by atoms with Crippen molar-refractivity contribution in [3.05, 3.63) is 29.3 Å². The second-order valence-corrected chi connectivity index (χ2v) is 3.44. The molecule has 0 aromatic heterocycles. The molecule has 2 rings (SSSR count). The first kappa shape index (κ1) is 10.2. The number of rotatable bonds is 2. The number of fused-ring (bicyclic) bond motifs is 1. The van der Waals surface area contributed by atoms with Crippen LogP contribution >= 0.6 is 0 Å². The van der Waals surface area contributed by atoms with Crippen LogP contribution in [0.2, 0.25) is 0 Å². The van der Waals surface area contributed by atoms with Gasteiger partial charge < -0.3 is 20.5 Å². The number of carbonyl (C=O) groups is 1. The maximum Gasteiger partial charge on any atom is 0.491 e. The van der Waals surface area contributed by atoms with Crippen molar-refractivity contribution in [3.8, 4) is 0 Å². The van der Waals surface area contributed by atoms with Crippen LogP contribution in [-0.4, -0.2) is 23.2 Å². The van der Waals surface area contributed by atoms with Crippen LogP contribution in [0.5, 0.6) is 0 Å². The molecule has 1 aromatic rings. The van der Waals surface area contributed by atoms with Crippen LogP contribution in [0.3, 0.4) is 0 Å². The zero-order chi connectivity index (χ0) is 11.0. The van der Waals surface area contributed by atoms with E-state index < -0.39 is 19.1 Å². The van der Waals surface area contributed by atoms with Crippen molar-refractivity contribution in [2.24, 2.45) is 5.73 Å². The van der Waals surface area contributed by atoms with E-state index in [1.807, 2.05) is 0 Å². The van der Waals surface area contributed by atoms with Crippen molar-refractivity contribution < 1.29 is 19.6 Å². The fraction of sp³-hybridized carbons (Fsp3) is 0.222. The molecule has 0 radical (unpaired) electrons. The largest absolute Gasteiger partial charge is 0.491 e. The van der Waals surface area contributed by atoms with Gasteiger partial charge in [-0.2, -0.15) is 0 Å². The minimum Gasteiger partial charge on any atom is -0.480 e. The number of carboxylic acids is 1. The molecule has 0 fully saturated rings. The maximum absolute atomic E-state index is 10.7. The minimum absolute atomic E-state index is 0.346. The summed E-state index contributed by atoms with van der Waals surface area (Å²) in [7, 11) is -0.971. The predicted molar refractivity (Wildman–Crippen MR) is 53.4 cm³/mol. The summed E-state index contributed by atoms with van der Waals surface area (Å²) in [6.45, 7) is 0.346. The lowest BCUT2D eigenvalue weighted by molar-refractivity contribution is -0.138. The van der Waals surface area contributed by atoms with E-state index in [-0.39, 0.29) is 0 Å². The number of benzene rings is 1. The summed E-state index contributed by atoms with van der Waals surface area (Å²) < 4.78 is 4.99. The number of aliphatic carboxylic acids is 1. The first-order chi connectivity index (χ1) is 7.09. The van der Waals surface area contributed by atoms with Gasteiger partial charge in [0.15, 0.2) is 0 Å². The van der Waals surface area contributed by atoms with Crippen molar-refractivity contribution in [3.63, 3.8) is 0 Å². The maximum atomic E-state index is 10.7. The molecule has 0 saturated heterocycles. The highest BCUT2D eigenvalue weighted by atomic mass is 16.5. The molecule has 1 aromatic carbocycles. The van der Waals surface area contributed by atoms with Crippen molar-refractivity contribution in [1.29, 1.82) is 0 Å². The summed E-state index contributed by atoms with van der Waals surface area (Å²) in [6.07, 6.45) is 0. The lowest BCUT2D eigenvalue weighted by Gasteiger charge is -2.08. The van der Waals surface area contributed by atoms with Gasteiger partial charge in [0.25, 0.3) is 0 Å². The van der Waals surface area contributed by atoms with Crippen LogP contribution in [-0.2, 0) is 16.1 Å². The zero-order valence-electron chi connectivity index (χ0n) is 7.88. The van der Waals surface area contributed by atoms with Crippen LogP contribution in [0.4, 0.5) is 0 Å². The normalized spacial score (nSPS) is 16.3. The van der Waals surface area contributed by atoms with Crippen LogP contribution < -0.4 is 11.2 Å². The molecule has 0 spiro atoms. The lowest BCUT2D eigenvalue weighted by Crippen LogP contribution is -2.30. The Bertz CT molecular complexity index is 409. The first-order valence-corrected chi connectivity index (χ1v) is 4.50.